The van der Waals surface area contributed by atoms with Gasteiger partial charge in [-0.25, -0.2) is 0 Å². The molecule has 2 fully saturated rings. The number of aliphatic hydroxyl groups excluding tert-OH is 1. The fraction of sp³-hybridized carbons (Fsp3) is 0.500. The number of carbonyl (C=O) groups is 1. The van der Waals surface area contributed by atoms with Gasteiger partial charge in [-0.2, -0.15) is 5.26 Å². The summed E-state index contributed by atoms with van der Waals surface area (Å²) in [4.78, 5) is 17.9. The van der Waals surface area contributed by atoms with E-state index >= 15 is 0 Å². The Labute approximate surface area is 121 Å². The molecule has 3 heterocycles. The van der Waals surface area contributed by atoms with Gasteiger partial charge in [0.25, 0.3) is 0 Å². The molecule has 0 aliphatic carbocycles. The smallest absolute Gasteiger partial charge is 0.233 e. The summed E-state index contributed by atoms with van der Waals surface area (Å²) in [5, 5.41) is 19.5. The molecule has 4 atom stereocenters. The number of aliphatic hydroxyl groups is 1. The van der Waals surface area contributed by atoms with Crippen molar-refractivity contribution in [2.75, 3.05) is 0 Å². The van der Waals surface area contributed by atoms with Gasteiger partial charge >= 0.3 is 0 Å². The van der Waals surface area contributed by atoms with Gasteiger partial charge in [0.15, 0.2) is 0 Å². The molecule has 0 aromatic carbocycles. The summed E-state index contributed by atoms with van der Waals surface area (Å²) in [5.41, 5.74) is 0.643. The average molecular weight is 289 g/mol. The lowest BCUT2D eigenvalue weighted by atomic mass is 9.86. The first-order valence-corrected chi connectivity index (χ1v) is 7.33. The maximum absolute atomic E-state index is 12.3. The molecule has 2 aliphatic heterocycles. The van der Waals surface area contributed by atoms with Crippen LogP contribution in [0.2, 0.25) is 0 Å². The molecular weight excluding hydrogens is 274 g/mol. The van der Waals surface area contributed by atoms with Crippen LogP contribution in [-0.2, 0) is 4.79 Å². The average Bonchev–Trinajstić information content (AvgIpc) is 2.67. The van der Waals surface area contributed by atoms with Gasteiger partial charge in [-0.3, -0.25) is 9.78 Å². The number of fused-ring (bicyclic) bond motifs is 1. The number of aromatic nitrogens is 1. The van der Waals surface area contributed by atoms with Crippen LogP contribution in [0.25, 0.3) is 0 Å². The maximum atomic E-state index is 12.3. The number of carbonyl (C=O) groups excluding carboxylic acids is 1. The summed E-state index contributed by atoms with van der Waals surface area (Å²) < 4.78 is -0.307. The fourth-order valence-electron chi connectivity index (χ4n) is 2.89. The molecule has 104 valence electrons. The SMILES string of the molecule is CC1(C)S[C@H]2[C@@H](C(O)c3cccnc3)C(=O)N2[C@H]1C#N. The van der Waals surface area contributed by atoms with E-state index in [-0.39, 0.29) is 16.0 Å². The van der Waals surface area contributed by atoms with Gasteiger partial charge in [-0.1, -0.05) is 6.07 Å². The van der Waals surface area contributed by atoms with Crippen molar-refractivity contribution in [1.82, 2.24) is 9.88 Å². The predicted octanol–water partition coefficient (Wildman–Crippen LogP) is 1.32. The van der Waals surface area contributed by atoms with Crippen molar-refractivity contribution in [2.24, 2.45) is 5.92 Å². The Bertz CT molecular complexity index is 584. The highest BCUT2D eigenvalue weighted by Crippen LogP contribution is 2.55. The number of rotatable bonds is 2. The minimum Gasteiger partial charge on any atom is -0.387 e. The van der Waals surface area contributed by atoms with Crippen molar-refractivity contribution in [3.63, 3.8) is 0 Å². The topological polar surface area (TPSA) is 77.2 Å². The van der Waals surface area contributed by atoms with Crippen molar-refractivity contribution in [1.29, 1.82) is 5.26 Å². The Morgan fingerprint density at radius 3 is 2.95 bits per heavy atom. The van der Waals surface area contributed by atoms with Crippen molar-refractivity contribution < 1.29 is 9.90 Å². The summed E-state index contributed by atoms with van der Waals surface area (Å²) >= 11 is 1.59. The maximum Gasteiger partial charge on any atom is 0.233 e. The van der Waals surface area contributed by atoms with Crippen LogP contribution in [0.4, 0.5) is 0 Å². The van der Waals surface area contributed by atoms with Crippen LogP contribution in [0.5, 0.6) is 0 Å². The van der Waals surface area contributed by atoms with Gasteiger partial charge in [0.1, 0.15) is 6.04 Å². The predicted molar refractivity (Wildman–Crippen MR) is 74.4 cm³/mol. The lowest BCUT2D eigenvalue weighted by Gasteiger charge is -2.45. The van der Waals surface area contributed by atoms with E-state index in [4.69, 9.17) is 0 Å². The Hall–Kier alpha value is -1.58. The first-order valence-electron chi connectivity index (χ1n) is 6.45. The molecular formula is C14H15N3O2S. The standard InChI is InChI=1S/C14H15N3O2S/c1-14(2)9(6-15)17-12(19)10(13(17)20-14)11(18)8-4-3-5-16-7-8/h3-5,7,9-11,13,18H,1-2H3/t9-,10-,11?,13-/m0/s1. The first kappa shape index (κ1) is 13.4. The highest BCUT2D eigenvalue weighted by molar-refractivity contribution is 8.01. The molecule has 0 spiro atoms. The molecule has 6 heteroatoms. The number of β-lactam (4-membered cyclic amide) rings is 1. The monoisotopic (exact) mass is 289 g/mol. The lowest BCUT2D eigenvalue weighted by Crippen LogP contribution is -2.61. The molecule has 1 unspecified atom stereocenters. The highest BCUT2D eigenvalue weighted by Gasteiger charge is 2.63. The molecule has 1 amide bonds. The van der Waals surface area contributed by atoms with Gasteiger partial charge in [0.05, 0.1) is 23.5 Å². The molecule has 2 aliphatic rings. The van der Waals surface area contributed by atoms with Crippen LogP contribution in [0.1, 0.15) is 25.5 Å². The fourth-order valence-corrected chi connectivity index (χ4v) is 4.56. The Kier molecular flexibility index (Phi) is 3.00. The molecule has 20 heavy (non-hydrogen) atoms. The van der Waals surface area contributed by atoms with E-state index in [0.717, 1.165) is 0 Å². The second kappa shape index (κ2) is 4.47. The van der Waals surface area contributed by atoms with Crippen LogP contribution in [0, 0.1) is 17.2 Å². The normalized spacial score (nSPS) is 32.2. The van der Waals surface area contributed by atoms with E-state index in [1.807, 2.05) is 13.8 Å². The van der Waals surface area contributed by atoms with Crippen molar-refractivity contribution in [3.8, 4) is 6.07 Å². The highest BCUT2D eigenvalue weighted by atomic mass is 32.2. The quantitative estimate of drug-likeness (QED) is 0.831. The first-order chi connectivity index (χ1) is 9.47. The van der Waals surface area contributed by atoms with E-state index < -0.39 is 18.1 Å². The molecule has 2 saturated heterocycles. The molecule has 1 aromatic heterocycles. The van der Waals surface area contributed by atoms with Gasteiger partial charge in [0, 0.05) is 17.1 Å². The van der Waals surface area contributed by atoms with Crippen LogP contribution in [0.15, 0.2) is 24.5 Å². The van der Waals surface area contributed by atoms with Crippen LogP contribution in [0.3, 0.4) is 0 Å². The van der Waals surface area contributed by atoms with Crippen LogP contribution >= 0.6 is 11.8 Å². The number of pyridine rings is 1. The summed E-state index contributed by atoms with van der Waals surface area (Å²) in [6.45, 7) is 3.93. The third-order valence-electron chi connectivity index (χ3n) is 3.97. The molecule has 0 bridgehead atoms. The summed E-state index contributed by atoms with van der Waals surface area (Å²) in [7, 11) is 0. The number of amides is 1. The minimum atomic E-state index is -0.863. The van der Waals surface area contributed by atoms with E-state index in [2.05, 4.69) is 11.1 Å². The summed E-state index contributed by atoms with van der Waals surface area (Å²) in [5.74, 6) is -0.627. The molecule has 3 rings (SSSR count). The number of hydrogen-bond acceptors (Lipinski definition) is 5. The van der Waals surface area contributed by atoms with Gasteiger partial charge in [0.2, 0.25) is 5.91 Å². The van der Waals surface area contributed by atoms with E-state index in [0.29, 0.717) is 5.56 Å². The molecule has 1 N–H and O–H groups in total. The summed E-state index contributed by atoms with van der Waals surface area (Å²) in [6.07, 6.45) is 2.34. The Balaban J connectivity index is 1.86. The number of hydrogen-bond donors (Lipinski definition) is 1. The summed E-state index contributed by atoms with van der Waals surface area (Å²) in [6, 6.07) is 5.28. The second-order valence-electron chi connectivity index (χ2n) is 5.65. The number of nitrogens with zero attached hydrogens (tertiary/aromatic N) is 3. The molecule has 0 radical (unpaired) electrons. The minimum absolute atomic E-state index is 0.127. The number of nitriles is 1. The van der Waals surface area contributed by atoms with Gasteiger partial charge < -0.3 is 10.0 Å². The van der Waals surface area contributed by atoms with E-state index in [1.165, 1.54) is 0 Å². The van der Waals surface area contributed by atoms with Crippen LogP contribution in [-0.4, -0.2) is 37.1 Å². The Morgan fingerprint density at radius 1 is 1.60 bits per heavy atom. The van der Waals surface area contributed by atoms with Crippen molar-refractivity contribution >= 4 is 17.7 Å². The third kappa shape index (κ3) is 1.74. The third-order valence-corrected chi connectivity index (χ3v) is 5.56. The van der Waals surface area contributed by atoms with Crippen molar-refractivity contribution in [2.45, 2.75) is 36.1 Å². The van der Waals surface area contributed by atoms with Crippen LogP contribution < -0.4 is 0 Å². The second-order valence-corrected chi connectivity index (χ2v) is 7.42. The van der Waals surface area contributed by atoms with E-state index in [9.17, 15) is 15.2 Å². The van der Waals surface area contributed by atoms with Crippen molar-refractivity contribution in [3.05, 3.63) is 30.1 Å². The number of thioether (sulfide) groups is 1. The van der Waals surface area contributed by atoms with E-state index in [1.54, 1.807) is 41.2 Å². The molecule has 1 aromatic rings. The zero-order valence-corrected chi connectivity index (χ0v) is 12.0. The van der Waals surface area contributed by atoms with Gasteiger partial charge in [-0.05, 0) is 25.5 Å². The lowest BCUT2D eigenvalue weighted by molar-refractivity contribution is -0.159. The van der Waals surface area contributed by atoms with Gasteiger partial charge in [-0.15, -0.1) is 11.8 Å². The molecule has 5 nitrogen and oxygen atoms in total. The zero-order valence-electron chi connectivity index (χ0n) is 11.2. The zero-order chi connectivity index (χ0) is 14.5. The Morgan fingerprint density at radius 2 is 2.35 bits per heavy atom. The largest absolute Gasteiger partial charge is 0.387 e. The molecule has 0 saturated carbocycles.